The number of halogens is 2. The monoisotopic (exact) mass is 270 g/mol. The second kappa shape index (κ2) is 4.81. The Kier molecular flexibility index (Phi) is 3.38. The molecule has 0 radical (unpaired) electrons. The van der Waals surface area contributed by atoms with Crippen molar-refractivity contribution < 1.29 is 9.18 Å². The molecule has 2 rings (SSSR count). The summed E-state index contributed by atoms with van der Waals surface area (Å²) in [6, 6.07) is 2.71. The van der Waals surface area contributed by atoms with Crippen LogP contribution < -0.4 is 11.1 Å². The summed E-state index contributed by atoms with van der Waals surface area (Å²) in [5, 5.41) is 2.65. The van der Waals surface area contributed by atoms with E-state index in [0.29, 0.717) is 24.1 Å². The van der Waals surface area contributed by atoms with Crippen molar-refractivity contribution >= 4 is 34.5 Å². The molecule has 0 aliphatic heterocycles. The van der Waals surface area contributed by atoms with Gasteiger partial charge in [-0.05, 0) is 6.07 Å². The number of hydrogen-bond acceptors (Lipinski definition) is 3. The molecule has 1 aromatic carbocycles. The highest BCUT2D eigenvalue weighted by Gasteiger charge is 2.11. The number of fused-ring (bicyclic) bond motifs is 1. The molecule has 1 heterocycles. The van der Waals surface area contributed by atoms with Gasteiger partial charge in [-0.15, -0.1) is 0 Å². The SMILES string of the molecule is CC(=O)NCCn1c(N)nc2cc(Cl)c(F)cc21. The van der Waals surface area contributed by atoms with Gasteiger partial charge in [-0.2, -0.15) is 0 Å². The molecule has 0 spiro atoms. The van der Waals surface area contributed by atoms with Crippen molar-refractivity contribution in [3.05, 3.63) is 23.0 Å². The highest BCUT2D eigenvalue weighted by atomic mass is 35.5. The molecular formula is C11H12ClFN4O. The van der Waals surface area contributed by atoms with Crippen LogP contribution in [0, 0.1) is 5.82 Å². The van der Waals surface area contributed by atoms with Gasteiger partial charge in [-0.3, -0.25) is 4.79 Å². The molecule has 96 valence electrons. The Morgan fingerprint density at radius 1 is 1.61 bits per heavy atom. The molecular weight excluding hydrogens is 259 g/mol. The number of nitrogens with two attached hydrogens (primary N) is 1. The van der Waals surface area contributed by atoms with Gasteiger partial charge >= 0.3 is 0 Å². The number of imidazole rings is 1. The maximum absolute atomic E-state index is 13.4. The molecule has 2 aromatic rings. The van der Waals surface area contributed by atoms with Crippen molar-refractivity contribution in [2.45, 2.75) is 13.5 Å². The van der Waals surface area contributed by atoms with Gasteiger partial charge in [-0.1, -0.05) is 11.6 Å². The smallest absolute Gasteiger partial charge is 0.216 e. The van der Waals surface area contributed by atoms with E-state index in [0.717, 1.165) is 0 Å². The number of carbonyl (C=O) groups excluding carboxylic acids is 1. The van der Waals surface area contributed by atoms with Crippen LogP contribution in [0.2, 0.25) is 5.02 Å². The van der Waals surface area contributed by atoms with Crippen LogP contribution in [0.3, 0.4) is 0 Å². The van der Waals surface area contributed by atoms with Crippen LogP contribution >= 0.6 is 11.6 Å². The molecule has 1 amide bonds. The summed E-state index contributed by atoms with van der Waals surface area (Å²) in [6.07, 6.45) is 0. The average Bonchev–Trinajstić information content (AvgIpc) is 2.56. The third kappa shape index (κ3) is 2.38. The van der Waals surface area contributed by atoms with Gasteiger partial charge in [0.05, 0.1) is 16.1 Å². The Labute approximate surface area is 108 Å². The zero-order valence-electron chi connectivity index (χ0n) is 9.70. The summed E-state index contributed by atoms with van der Waals surface area (Å²) in [7, 11) is 0. The van der Waals surface area contributed by atoms with E-state index in [1.165, 1.54) is 19.1 Å². The van der Waals surface area contributed by atoms with Crippen LogP contribution in [0.25, 0.3) is 11.0 Å². The summed E-state index contributed by atoms with van der Waals surface area (Å²) in [4.78, 5) is 14.9. The van der Waals surface area contributed by atoms with Crippen LogP contribution in [0.1, 0.15) is 6.92 Å². The van der Waals surface area contributed by atoms with Crippen molar-refractivity contribution in [2.75, 3.05) is 12.3 Å². The lowest BCUT2D eigenvalue weighted by molar-refractivity contribution is -0.118. The molecule has 0 saturated carbocycles. The molecule has 3 N–H and O–H groups in total. The normalized spacial score (nSPS) is 10.8. The van der Waals surface area contributed by atoms with Crippen LogP contribution in [-0.4, -0.2) is 22.0 Å². The summed E-state index contributed by atoms with van der Waals surface area (Å²) in [6.45, 7) is 2.24. The van der Waals surface area contributed by atoms with Gasteiger partial charge in [0.1, 0.15) is 5.82 Å². The maximum atomic E-state index is 13.4. The molecule has 7 heteroatoms. The molecule has 18 heavy (non-hydrogen) atoms. The summed E-state index contributed by atoms with van der Waals surface area (Å²) < 4.78 is 15.0. The predicted molar refractivity (Wildman–Crippen MR) is 67.8 cm³/mol. The number of nitrogen functional groups attached to an aromatic ring is 1. The van der Waals surface area contributed by atoms with E-state index in [2.05, 4.69) is 10.3 Å². The average molecular weight is 271 g/mol. The third-order valence-electron chi connectivity index (χ3n) is 2.53. The number of aromatic nitrogens is 2. The highest BCUT2D eigenvalue weighted by Crippen LogP contribution is 2.24. The van der Waals surface area contributed by atoms with E-state index in [1.807, 2.05) is 0 Å². The number of hydrogen-bond donors (Lipinski definition) is 2. The number of amides is 1. The van der Waals surface area contributed by atoms with E-state index in [-0.39, 0.29) is 16.9 Å². The maximum Gasteiger partial charge on any atom is 0.216 e. The Balaban J connectivity index is 2.34. The number of nitrogens with one attached hydrogen (secondary N) is 1. The van der Waals surface area contributed by atoms with E-state index >= 15 is 0 Å². The van der Waals surface area contributed by atoms with E-state index in [9.17, 15) is 9.18 Å². The van der Waals surface area contributed by atoms with Crippen molar-refractivity contribution in [1.29, 1.82) is 0 Å². The van der Waals surface area contributed by atoms with Crippen molar-refractivity contribution in [3.8, 4) is 0 Å². The number of nitrogens with zero attached hydrogens (tertiary/aromatic N) is 2. The van der Waals surface area contributed by atoms with Gasteiger partial charge in [-0.25, -0.2) is 9.37 Å². The first-order valence-electron chi connectivity index (χ1n) is 5.34. The van der Waals surface area contributed by atoms with Crippen molar-refractivity contribution in [3.63, 3.8) is 0 Å². The third-order valence-corrected chi connectivity index (χ3v) is 2.82. The minimum Gasteiger partial charge on any atom is -0.369 e. The van der Waals surface area contributed by atoms with Gasteiger partial charge in [0.15, 0.2) is 0 Å². The van der Waals surface area contributed by atoms with E-state index in [1.54, 1.807) is 4.57 Å². The Bertz CT molecular complexity index is 611. The van der Waals surface area contributed by atoms with E-state index < -0.39 is 5.82 Å². The lowest BCUT2D eigenvalue weighted by Crippen LogP contribution is -2.24. The zero-order valence-corrected chi connectivity index (χ0v) is 10.5. The minimum absolute atomic E-state index is 0.00834. The zero-order chi connectivity index (χ0) is 13.3. The fourth-order valence-corrected chi connectivity index (χ4v) is 1.88. The molecule has 0 bridgehead atoms. The van der Waals surface area contributed by atoms with Gasteiger partial charge in [0.2, 0.25) is 11.9 Å². The number of benzene rings is 1. The predicted octanol–water partition coefficient (Wildman–Crippen LogP) is 1.55. The molecule has 1 aromatic heterocycles. The minimum atomic E-state index is -0.523. The first kappa shape index (κ1) is 12.6. The van der Waals surface area contributed by atoms with Crippen molar-refractivity contribution in [2.24, 2.45) is 0 Å². The largest absolute Gasteiger partial charge is 0.369 e. The first-order chi connectivity index (χ1) is 8.49. The van der Waals surface area contributed by atoms with Gasteiger partial charge < -0.3 is 15.6 Å². The van der Waals surface area contributed by atoms with Gasteiger partial charge in [0, 0.05) is 26.1 Å². The summed E-state index contributed by atoms with van der Waals surface area (Å²) in [5.41, 5.74) is 6.83. The molecule has 0 fully saturated rings. The molecule has 0 aliphatic carbocycles. The van der Waals surface area contributed by atoms with Crippen LogP contribution in [-0.2, 0) is 11.3 Å². The van der Waals surface area contributed by atoms with Crippen LogP contribution in [0.4, 0.5) is 10.3 Å². The molecule has 0 unspecified atom stereocenters. The second-order valence-corrected chi connectivity index (χ2v) is 4.27. The van der Waals surface area contributed by atoms with Crippen LogP contribution in [0.15, 0.2) is 12.1 Å². The summed E-state index contributed by atoms with van der Waals surface area (Å²) in [5.74, 6) is -0.394. The number of carbonyl (C=O) groups is 1. The molecule has 0 aliphatic rings. The van der Waals surface area contributed by atoms with Crippen LogP contribution in [0.5, 0.6) is 0 Å². The Morgan fingerprint density at radius 3 is 3.00 bits per heavy atom. The molecule has 5 nitrogen and oxygen atoms in total. The topological polar surface area (TPSA) is 72.9 Å². The standard InChI is InChI=1S/C11H12ClFN4O/c1-6(18)15-2-3-17-10-5-8(13)7(12)4-9(10)16-11(17)14/h4-5H,2-3H2,1H3,(H2,14,16)(H,15,18). The number of anilines is 1. The lowest BCUT2D eigenvalue weighted by Gasteiger charge is -2.07. The Morgan fingerprint density at radius 2 is 2.33 bits per heavy atom. The first-order valence-corrected chi connectivity index (χ1v) is 5.72. The van der Waals surface area contributed by atoms with Gasteiger partial charge in [0.25, 0.3) is 0 Å². The molecule has 0 atom stereocenters. The second-order valence-electron chi connectivity index (χ2n) is 3.86. The number of rotatable bonds is 3. The quantitative estimate of drug-likeness (QED) is 0.889. The highest BCUT2D eigenvalue weighted by molar-refractivity contribution is 6.31. The Hall–Kier alpha value is -1.82. The fourth-order valence-electron chi connectivity index (χ4n) is 1.72. The molecule has 0 saturated heterocycles. The van der Waals surface area contributed by atoms with Crippen molar-refractivity contribution in [1.82, 2.24) is 14.9 Å². The summed E-state index contributed by atoms with van der Waals surface area (Å²) >= 11 is 5.67. The van der Waals surface area contributed by atoms with E-state index in [4.69, 9.17) is 17.3 Å². The lowest BCUT2D eigenvalue weighted by atomic mass is 10.3. The fraction of sp³-hybridized carbons (Fsp3) is 0.273.